The summed E-state index contributed by atoms with van der Waals surface area (Å²) < 4.78 is 5.40. The number of halogens is 1. The summed E-state index contributed by atoms with van der Waals surface area (Å²) in [4.78, 5) is 39.9. The molecule has 2 aromatic rings. The highest BCUT2D eigenvalue weighted by atomic mass is 35.5. The van der Waals surface area contributed by atoms with Gasteiger partial charge in [0, 0.05) is 16.8 Å². The van der Waals surface area contributed by atoms with Crippen LogP contribution in [0.3, 0.4) is 0 Å². The number of aromatic nitrogens is 1. The fraction of sp³-hybridized carbons (Fsp3) is 0.188. The Labute approximate surface area is 152 Å². The molecule has 0 radical (unpaired) electrons. The molecular formula is C16H13ClN4O5. The van der Waals surface area contributed by atoms with Crippen LogP contribution < -0.4 is 15.0 Å². The zero-order valence-corrected chi connectivity index (χ0v) is 14.3. The fourth-order valence-corrected chi connectivity index (χ4v) is 2.63. The van der Waals surface area contributed by atoms with Crippen molar-refractivity contribution in [3.63, 3.8) is 0 Å². The average Bonchev–Trinajstić information content (AvgIpc) is 2.58. The average molecular weight is 377 g/mol. The molecule has 1 atom stereocenters. The molecule has 26 heavy (non-hydrogen) atoms. The summed E-state index contributed by atoms with van der Waals surface area (Å²) in [5.74, 6) is -1.35. The largest absolute Gasteiger partial charge is 0.475 e. The summed E-state index contributed by atoms with van der Waals surface area (Å²) in [6, 6.07) is 9.05. The van der Waals surface area contributed by atoms with Gasteiger partial charge in [-0.25, -0.2) is 0 Å². The number of pyridine rings is 1. The number of amides is 2. The second kappa shape index (κ2) is 6.96. The van der Waals surface area contributed by atoms with Crippen molar-refractivity contribution in [2.45, 2.75) is 13.0 Å². The minimum Gasteiger partial charge on any atom is -0.475 e. The molecule has 1 aromatic carbocycles. The summed E-state index contributed by atoms with van der Waals surface area (Å²) >= 11 is 5.87. The van der Waals surface area contributed by atoms with E-state index in [1.165, 1.54) is 19.1 Å². The second-order valence-electron chi connectivity index (χ2n) is 5.49. The molecule has 1 aliphatic heterocycles. The van der Waals surface area contributed by atoms with Crippen molar-refractivity contribution < 1.29 is 19.2 Å². The molecule has 134 valence electrons. The highest BCUT2D eigenvalue weighted by Gasteiger charge is 2.37. The molecule has 0 saturated carbocycles. The zero-order chi connectivity index (χ0) is 18.8. The summed E-state index contributed by atoms with van der Waals surface area (Å²) in [5.41, 5.74) is 0.462. The topological polar surface area (TPSA) is 115 Å². The quantitative estimate of drug-likeness (QED) is 0.647. The van der Waals surface area contributed by atoms with E-state index in [2.05, 4.69) is 10.3 Å². The van der Waals surface area contributed by atoms with Gasteiger partial charge in [0.1, 0.15) is 6.54 Å². The number of nitrogens with one attached hydrogen (secondary N) is 1. The van der Waals surface area contributed by atoms with Gasteiger partial charge in [0.2, 0.25) is 5.91 Å². The number of carbonyl (C=O) groups is 2. The standard InChI is InChI=1S/C16H13ClN4O5/c1-9-16(23)20(8-14(22)18-11-4-2-3-10(17)7-11)15-12(26-9)5-6-13(19-15)21(24)25/h2-7,9H,8H2,1H3,(H,18,22). The maximum absolute atomic E-state index is 12.4. The Bertz CT molecular complexity index is 904. The predicted octanol–water partition coefficient (Wildman–Crippen LogP) is 2.40. The van der Waals surface area contributed by atoms with Gasteiger partial charge in [0.25, 0.3) is 11.7 Å². The van der Waals surface area contributed by atoms with E-state index in [1.54, 1.807) is 24.3 Å². The first-order chi connectivity index (χ1) is 12.3. The highest BCUT2D eigenvalue weighted by molar-refractivity contribution is 6.30. The summed E-state index contributed by atoms with van der Waals surface area (Å²) in [5, 5.41) is 14.0. The van der Waals surface area contributed by atoms with Crippen LogP contribution in [0.2, 0.25) is 5.02 Å². The van der Waals surface area contributed by atoms with Gasteiger partial charge in [-0.15, -0.1) is 0 Å². The van der Waals surface area contributed by atoms with E-state index in [4.69, 9.17) is 16.3 Å². The fourth-order valence-electron chi connectivity index (χ4n) is 2.44. The molecule has 3 rings (SSSR count). The smallest absolute Gasteiger partial charge is 0.366 e. The van der Waals surface area contributed by atoms with Crippen LogP contribution in [0.5, 0.6) is 5.75 Å². The normalized spacial score (nSPS) is 15.8. The van der Waals surface area contributed by atoms with Gasteiger partial charge < -0.3 is 20.2 Å². The molecule has 1 N–H and O–H groups in total. The molecule has 0 saturated heterocycles. The number of anilines is 2. The lowest BCUT2D eigenvalue weighted by Gasteiger charge is -2.28. The van der Waals surface area contributed by atoms with Crippen molar-refractivity contribution in [3.8, 4) is 5.75 Å². The van der Waals surface area contributed by atoms with Gasteiger partial charge in [-0.2, -0.15) is 0 Å². The van der Waals surface area contributed by atoms with E-state index >= 15 is 0 Å². The van der Waals surface area contributed by atoms with Crippen molar-refractivity contribution in [3.05, 3.63) is 51.5 Å². The van der Waals surface area contributed by atoms with E-state index in [0.717, 1.165) is 4.90 Å². The molecule has 2 amide bonds. The van der Waals surface area contributed by atoms with Crippen LogP contribution in [0.15, 0.2) is 36.4 Å². The number of nitrogens with zero attached hydrogens (tertiary/aromatic N) is 3. The number of hydrogen-bond donors (Lipinski definition) is 1. The Kier molecular flexibility index (Phi) is 4.72. The number of fused-ring (bicyclic) bond motifs is 1. The molecule has 10 heteroatoms. The molecule has 0 bridgehead atoms. The van der Waals surface area contributed by atoms with Crippen LogP contribution in [0.1, 0.15) is 6.92 Å². The molecule has 0 fully saturated rings. The van der Waals surface area contributed by atoms with E-state index in [9.17, 15) is 19.7 Å². The van der Waals surface area contributed by atoms with Crippen LogP contribution in [-0.2, 0) is 9.59 Å². The van der Waals surface area contributed by atoms with Crippen LogP contribution in [0.4, 0.5) is 17.3 Å². The Balaban J connectivity index is 1.86. The van der Waals surface area contributed by atoms with Gasteiger partial charge in [0.15, 0.2) is 11.9 Å². The Morgan fingerprint density at radius 1 is 1.42 bits per heavy atom. The molecular weight excluding hydrogens is 364 g/mol. The summed E-state index contributed by atoms with van der Waals surface area (Å²) in [6.07, 6.45) is -0.843. The van der Waals surface area contributed by atoms with E-state index in [0.29, 0.717) is 10.7 Å². The molecule has 0 spiro atoms. The number of ether oxygens (including phenoxy) is 1. The van der Waals surface area contributed by atoms with Crippen molar-refractivity contribution in [2.24, 2.45) is 0 Å². The third-order valence-electron chi connectivity index (χ3n) is 3.59. The summed E-state index contributed by atoms with van der Waals surface area (Å²) in [6.45, 7) is 1.15. The van der Waals surface area contributed by atoms with Gasteiger partial charge in [-0.05, 0) is 41.1 Å². The number of carbonyl (C=O) groups excluding carboxylic acids is 2. The summed E-state index contributed by atoms with van der Waals surface area (Å²) in [7, 11) is 0. The Hall–Kier alpha value is -3.20. The lowest BCUT2D eigenvalue weighted by atomic mass is 10.2. The van der Waals surface area contributed by atoms with E-state index in [-0.39, 0.29) is 18.1 Å². The maximum Gasteiger partial charge on any atom is 0.366 e. The third-order valence-corrected chi connectivity index (χ3v) is 3.83. The minimum absolute atomic E-state index is 0.0662. The SMILES string of the molecule is CC1Oc2ccc([N+](=O)[O-])nc2N(CC(=O)Nc2cccc(Cl)c2)C1=O. The van der Waals surface area contributed by atoms with Gasteiger partial charge >= 0.3 is 5.82 Å². The van der Waals surface area contributed by atoms with Crippen molar-refractivity contribution in [2.75, 3.05) is 16.8 Å². The molecule has 9 nitrogen and oxygen atoms in total. The van der Waals surface area contributed by atoms with Crippen molar-refractivity contribution in [1.29, 1.82) is 0 Å². The van der Waals surface area contributed by atoms with Crippen LogP contribution >= 0.6 is 11.6 Å². The van der Waals surface area contributed by atoms with Gasteiger partial charge in [-0.3, -0.25) is 14.5 Å². The Morgan fingerprint density at radius 3 is 2.88 bits per heavy atom. The van der Waals surface area contributed by atoms with E-state index in [1.807, 2.05) is 0 Å². The molecule has 1 aliphatic rings. The van der Waals surface area contributed by atoms with Gasteiger partial charge in [-0.1, -0.05) is 17.7 Å². The maximum atomic E-state index is 12.4. The monoisotopic (exact) mass is 376 g/mol. The van der Waals surface area contributed by atoms with E-state index < -0.39 is 28.7 Å². The predicted molar refractivity (Wildman–Crippen MR) is 93.4 cm³/mol. The van der Waals surface area contributed by atoms with Gasteiger partial charge in [0.05, 0.1) is 0 Å². The zero-order valence-electron chi connectivity index (χ0n) is 13.5. The first-order valence-corrected chi connectivity index (χ1v) is 7.92. The number of nitro groups is 1. The second-order valence-corrected chi connectivity index (χ2v) is 5.93. The number of benzene rings is 1. The molecule has 2 heterocycles. The first-order valence-electron chi connectivity index (χ1n) is 7.54. The third kappa shape index (κ3) is 3.57. The van der Waals surface area contributed by atoms with Crippen molar-refractivity contribution >= 4 is 40.7 Å². The molecule has 1 aromatic heterocycles. The number of rotatable bonds is 4. The first kappa shape index (κ1) is 17.6. The lowest BCUT2D eigenvalue weighted by Crippen LogP contribution is -2.48. The highest BCUT2D eigenvalue weighted by Crippen LogP contribution is 2.33. The number of hydrogen-bond acceptors (Lipinski definition) is 6. The van der Waals surface area contributed by atoms with Crippen LogP contribution in [-0.4, -0.2) is 34.4 Å². The Morgan fingerprint density at radius 2 is 2.19 bits per heavy atom. The minimum atomic E-state index is -0.843. The van der Waals surface area contributed by atoms with Crippen molar-refractivity contribution in [1.82, 2.24) is 4.98 Å². The lowest BCUT2D eigenvalue weighted by molar-refractivity contribution is -0.389. The van der Waals surface area contributed by atoms with Crippen LogP contribution in [0.25, 0.3) is 0 Å². The molecule has 0 aliphatic carbocycles. The van der Waals surface area contributed by atoms with Crippen LogP contribution in [0, 0.1) is 10.1 Å². The molecule has 1 unspecified atom stereocenters.